The van der Waals surface area contributed by atoms with Crippen molar-refractivity contribution < 1.29 is 23.6 Å². The Morgan fingerprint density at radius 1 is 1.08 bits per heavy atom. The van der Waals surface area contributed by atoms with Gasteiger partial charge >= 0.3 is 5.97 Å². The first-order valence-corrected chi connectivity index (χ1v) is 15.4. The molecule has 1 heterocycles. The Hall–Kier alpha value is -1.93. The second kappa shape index (κ2) is 14.6. The van der Waals surface area contributed by atoms with Crippen LogP contribution in [0.3, 0.4) is 0 Å². The SMILES string of the molecule is CC.CC(C)(C)S(=O)CC(C1CC1)N1C(=O)[C@@](C)(CC(=O)O)OCC1c1ccc(Cl)cc1.Clc1ccccc1. The number of hydrogen-bond acceptors (Lipinski definition) is 4. The molecule has 39 heavy (non-hydrogen) atoms. The van der Waals surface area contributed by atoms with E-state index in [1.165, 1.54) is 0 Å². The molecule has 0 spiro atoms. The van der Waals surface area contributed by atoms with E-state index >= 15 is 0 Å². The zero-order valence-electron chi connectivity index (χ0n) is 23.7. The number of morpholine rings is 1. The van der Waals surface area contributed by atoms with Crippen LogP contribution >= 0.6 is 23.2 Å². The molecule has 1 N–H and O–H groups in total. The van der Waals surface area contributed by atoms with Gasteiger partial charge in [0.15, 0.2) is 5.60 Å². The van der Waals surface area contributed by atoms with Crippen molar-refractivity contribution in [1.82, 2.24) is 4.90 Å². The predicted octanol–water partition coefficient (Wildman–Crippen LogP) is 7.17. The summed E-state index contributed by atoms with van der Waals surface area (Å²) in [5.41, 5.74) is -0.567. The number of halogens is 2. The molecule has 6 nitrogen and oxygen atoms in total. The van der Waals surface area contributed by atoms with Gasteiger partial charge in [0.25, 0.3) is 5.91 Å². The number of carboxylic acid groups (broad SMARTS) is 1. The van der Waals surface area contributed by atoms with Crippen molar-refractivity contribution in [3.8, 4) is 0 Å². The molecule has 4 atom stereocenters. The fraction of sp³-hybridized carbons (Fsp3) is 0.533. The summed E-state index contributed by atoms with van der Waals surface area (Å²) < 4.78 is 18.5. The number of benzene rings is 2. The first kappa shape index (κ1) is 33.3. The summed E-state index contributed by atoms with van der Waals surface area (Å²) in [6.45, 7) is 11.5. The maximum Gasteiger partial charge on any atom is 0.306 e. The normalized spacial score (nSPS) is 22.5. The van der Waals surface area contributed by atoms with Gasteiger partial charge in [-0.2, -0.15) is 0 Å². The van der Waals surface area contributed by atoms with Crippen LogP contribution < -0.4 is 0 Å². The Morgan fingerprint density at radius 3 is 2.05 bits per heavy atom. The molecule has 1 amide bonds. The highest BCUT2D eigenvalue weighted by molar-refractivity contribution is 7.86. The average Bonchev–Trinajstić information content (AvgIpc) is 3.72. The van der Waals surface area contributed by atoms with E-state index in [9.17, 15) is 18.9 Å². The molecule has 1 saturated carbocycles. The van der Waals surface area contributed by atoms with Gasteiger partial charge in [0.05, 0.1) is 19.1 Å². The van der Waals surface area contributed by atoms with Crippen LogP contribution in [-0.4, -0.2) is 54.8 Å². The molecule has 4 rings (SSSR count). The molecule has 2 aromatic carbocycles. The molecule has 1 aliphatic carbocycles. The Bertz CT molecular complexity index is 1100. The van der Waals surface area contributed by atoms with Gasteiger partial charge in [0, 0.05) is 37.4 Å². The van der Waals surface area contributed by atoms with Crippen molar-refractivity contribution in [2.24, 2.45) is 5.92 Å². The quantitative estimate of drug-likeness (QED) is 0.366. The maximum absolute atomic E-state index is 13.7. The minimum absolute atomic E-state index is 0.183. The molecule has 0 radical (unpaired) electrons. The number of amides is 1. The van der Waals surface area contributed by atoms with Crippen molar-refractivity contribution in [2.75, 3.05) is 12.4 Å². The molecule has 1 saturated heterocycles. The van der Waals surface area contributed by atoms with Crippen LogP contribution in [0.4, 0.5) is 0 Å². The maximum atomic E-state index is 13.7. The molecule has 0 aromatic heterocycles. The van der Waals surface area contributed by atoms with E-state index < -0.39 is 33.5 Å². The number of rotatable bonds is 7. The van der Waals surface area contributed by atoms with E-state index in [1.807, 2.05) is 77.1 Å². The molecule has 2 aliphatic rings. The third-order valence-corrected chi connectivity index (χ3v) is 9.10. The molecular formula is C30H41Cl2NO5S. The van der Waals surface area contributed by atoms with Gasteiger partial charge in [0.1, 0.15) is 0 Å². The zero-order valence-corrected chi connectivity index (χ0v) is 26.0. The molecule has 1 aliphatic heterocycles. The van der Waals surface area contributed by atoms with Crippen LogP contribution in [0.15, 0.2) is 54.6 Å². The Balaban J connectivity index is 0.000000507. The molecule has 2 aromatic rings. The first-order valence-electron chi connectivity index (χ1n) is 13.3. The minimum atomic E-state index is -1.44. The Morgan fingerprint density at radius 2 is 1.62 bits per heavy atom. The van der Waals surface area contributed by atoms with Gasteiger partial charge in [-0.3, -0.25) is 13.8 Å². The third-order valence-electron chi connectivity index (χ3n) is 6.59. The predicted molar refractivity (Wildman–Crippen MR) is 160 cm³/mol. The number of nitrogens with zero attached hydrogens (tertiary/aromatic N) is 1. The number of aliphatic carboxylic acids is 1. The summed E-state index contributed by atoms with van der Waals surface area (Å²) in [6, 6.07) is 16.1. The molecule has 0 bridgehead atoms. The van der Waals surface area contributed by atoms with Crippen molar-refractivity contribution >= 4 is 45.9 Å². The lowest BCUT2D eigenvalue weighted by Crippen LogP contribution is -2.61. The fourth-order valence-electron chi connectivity index (χ4n) is 4.30. The average molecular weight is 599 g/mol. The lowest BCUT2D eigenvalue weighted by Gasteiger charge is -2.48. The van der Waals surface area contributed by atoms with Crippen LogP contribution in [0, 0.1) is 5.92 Å². The van der Waals surface area contributed by atoms with Crippen LogP contribution in [0.1, 0.15) is 72.4 Å². The summed E-state index contributed by atoms with van der Waals surface area (Å²) in [5, 5.41) is 10.7. The third kappa shape index (κ3) is 9.59. The van der Waals surface area contributed by atoms with Crippen LogP contribution in [-0.2, 0) is 25.1 Å². The smallest absolute Gasteiger partial charge is 0.306 e. The van der Waals surface area contributed by atoms with Gasteiger partial charge in [-0.05, 0) is 76.3 Å². The fourth-order valence-corrected chi connectivity index (χ4v) is 5.82. The Kier molecular flexibility index (Phi) is 12.5. The second-order valence-corrected chi connectivity index (χ2v) is 13.8. The monoisotopic (exact) mass is 597 g/mol. The van der Waals surface area contributed by atoms with Crippen molar-refractivity contribution in [1.29, 1.82) is 0 Å². The summed E-state index contributed by atoms with van der Waals surface area (Å²) in [6.07, 6.45) is 1.54. The van der Waals surface area contributed by atoms with Crippen molar-refractivity contribution in [3.63, 3.8) is 0 Å². The topological polar surface area (TPSA) is 83.9 Å². The summed E-state index contributed by atoms with van der Waals surface area (Å²) in [4.78, 5) is 26.9. The van der Waals surface area contributed by atoms with Crippen molar-refractivity contribution in [2.45, 2.75) is 83.2 Å². The molecule has 3 unspecified atom stereocenters. The van der Waals surface area contributed by atoms with Crippen LogP contribution in [0.5, 0.6) is 0 Å². The van der Waals surface area contributed by atoms with Gasteiger partial charge in [-0.25, -0.2) is 0 Å². The lowest BCUT2D eigenvalue weighted by atomic mass is 9.92. The summed E-state index contributed by atoms with van der Waals surface area (Å²) in [5.74, 6) is -0.800. The van der Waals surface area contributed by atoms with Gasteiger partial charge in [-0.15, -0.1) is 0 Å². The van der Waals surface area contributed by atoms with E-state index in [1.54, 1.807) is 24.0 Å². The van der Waals surface area contributed by atoms with E-state index in [4.69, 9.17) is 27.9 Å². The number of carboxylic acids is 1. The van der Waals surface area contributed by atoms with Crippen molar-refractivity contribution in [3.05, 3.63) is 70.2 Å². The van der Waals surface area contributed by atoms with Gasteiger partial charge in [-0.1, -0.05) is 67.4 Å². The number of ether oxygens (including phenoxy) is 1. The summed E-state index contributed by atoms with van der Waals surface area (Å²) in [7, 11) is -1.15. The lowest BCUT2D eigenvalue weighted by molar-refractivity contribution is -0.187. The van der Waals surface area contributed by atoms with Gasteiger partial charge in [0.2, 0.25) is 0 Å². The highest BCUT2D eigenvalue weighted by Gasteiger charge is 2.52. The minimum Gasteiger partial charge on any atom is -0.481 e. The second-order valence-electron chi connectivity index (χ2n) is 10.7. The van der Waals surface area contributed by atoms with Crippen LogP contribution in [0.25, 0.3) is 0 Å². The standard InChI is InChI=1S/C22H30ClNO5S.C6H5Cl.C2H6/c1-21(2,3)30(28)13-18(15-5-6-15)24-17(14-7-9-16(23)10-8-14)12-29-22(4,20(24)27)11-19(25)26;7-6-4-2-1-3-5-6;1-2/h7-10,15,17-18H,5-6,11-13H2,1-4H3,(H,25,26);1-5H;1-2H3/t17?,18?,22-,30?;;/m1../s1. The Labute approximate surface area is 245 Å². The van der Waals surface area contributed by atoms with Gasteiger partial charge < -0.3 is 14.7 Å². The number of carbonyl (C=O) groups is 2. The van der Waals surface area contributed by atoms with E-state index in [0.717, 1.165) is 23.4 Å². The van der Waals surface area contributed by atoms with Crippen LogP contribution in [0.2, 0.25) is 10.0 Å². The first-order chi connectivity index (χ1) is 18.3. The zero-order chi connectivity index (χ0) is 29.4. The summed E-state index contributed by atoms with van der Waals surface area (Å²) >= 11 is 11.6. The van der Waals surface area contributed by atoms with E-state index in [-0.39, 0.29) is 30.5 Å². The number of hydrogen-bond donors (Lipinski definition) is 1. The molecule has 2 fully saturated rings. The molecular weight excluding hydrogens is 557 g/mol. The van der Waals surface area contributed by atoms with E-state index in [2.05, 4.69) is 0 Å². The molecule has 216 valence electrons. The highest BCUT2D eigenvalue weighted by Crippen LogP contribution is 2.43. The highest BCUT2D eigenvalue weighted by atomic mass is 35.5. The number of carbonyl (C=O) groups excluding carboxylic acids is 1. The molecule has 9 heteroatoms. The largest absolute Gasteiger partial charge is 0.481 e. The van der Waals surface area contributed by atoms with E-state index in [0.29, 0.717) is 10.8 Å².